The highest BCUT2D eigenvalue weighted by Gasteiger charge is 2.16. The minimum atomic E-state index is -0.195. The maximum absolute atomic E-state index is 12.6. The molecule has 25 heavy (non-hydrogen) atoms. The minimum absolute atomic E-state index is 0.102. The first kappa shape index (κ1) is 19.2. The number of hydrogen-bond donors (Lipinski definition) is 0. The van der Waals surface area contributed by atoms with Gasteiger partial charge in [0.15, 0.2) is 5.65 Å². The molecule has 0 N–H and O–H groups in total. The summed E-state index contributed by atoms with van der Waals surface area (Å²) in [6.07, 6.45) is 4.00. The van der Waals surface area contributed by atoms with Gasteiger partial charge in [0.1, 0.15) is 0 Å². The summed E-state index contributed by atoms with van der Waals surface area (Å²) in [6, 6.07) is 5.43. The van der Waals surface area contributed by atoms with Gasteiger partial charge < -0.3 is 4.90 Å². The molecular formula is C19H30N4O2. The summed E-state index contributed by atoms with van der Waals surface area (Å²) >= 11 is 0. The van der Waals surface area contributed by atoms with Crippen LogP contribution in [-0.4, -0.2) is 38.1 Å². The second-order valence-electron chi connectivity index (χ2n) is 7.43. The van der Waals surface area contributed by atoms with Gasteiger partial charge in [-0.25, -0.2) is 9.48 Å². The Morgan fingerprint density at radius 3 is 2.32 bits per heavy atom. The second kappa shape index (κ2) is 8.83. The van der Waals surface area contributed by atoms with E-state index in [-0.39, 0.29) is 11.6 Å². The van der Waals surface area contributed by atoms with Crippen molar-refractivity contribution in [1.29, 1.82) is 0 Å². The van der Waals surface area contributed by atoms with Crippen LogP contribution in [0.3, 0.4) is 0 Å². The van der Waals surface area contributed by atoms with Gasteiger partial charge in [-0.3, -0.25) is 9.20 Å². The summed E-state index contributed by atoms with van der Waals surface area (Å²) in [7, 11) is 0. The van der Waals surface area contributed by atoms with Gasteiger partial charge in [-0.1, -0.05) is 33.8 Å². The smallest absolute Gasteiger partial charge is 0.343 e. The van der Waals surface area contributed by atoms with E-state index in [1.807, 2.05) is 11.0 Å². The normalized spacial score (nSPS) is 11.6. The average molecular weight is 346 g/mol. The van der Waals surface area contributed by atoms with Crippen molar-refractivity contribution >= 4 is 11.6 Å². The maximum atomic E-state index is 12.6. The Kier molecular flexibility index (Phi) is 6.79. The lowest BCUT2D eigenvalue weighted by Crippen LogP contribution is -2.35. The molecule has 0 spiro atoms. The van der Waals surface area contributed by atoms with Crippen molar-refractivity contribution in [2.24, 2.45) is 11.8 Å². The molecular weight excluding hydrogens is 316 g/mol. The van der Waals surface area contributed by atoms with E-state index in [0.717, 1.165) is 25.9 Å². The summed E-state index contributed by atoms with van der Waals surface area (Å²) in [5, 5.41) is 4.29. The molecule has 0 aliphatic carbocycles. The number of amides is 1. The van der Waals surface area contributed by atoms with Crippen LogP contribution in [0.15, 0.2) is 29.2 Å². The van der Waals surface area contributed by atoms with Crippen molar-refractivity contribution in [3.63, 3.8) is 0 Å². The van der Waals surface area contributed by atoms with Crippen molar-refractivity contribution in [3.05, 3.63) is 34.9 Å². The summed E-state index contributed by atoms with van der Waals surface area (Å²) in [5.41, 5.74) is 0.413. The van der Waals surface area contributed by atoms with Crippen molar-refractivity contribution < 1.29 is 4.79 Å². The van der Waals surface area contributed by atoms with Crippen LogP contribution in [-0.2, 0) is 11.3 Å². The van der Waals surface area contributed by atoms with Crippen LogP contribution in [0.4, 0.5) is 0 Å². The van der Waals surface area contributed by atoms with Crippen LogP contribution < -0.4 is 5.69 Å². The molecule has 138 valence electrons. The fraction of sp³-hybridized carbons (Fsp3) is 0.632. The fourth-order valence-electron chi connectivity index (χ4n) is 2.66. The minimum Gasteiger partial charge on any atom is -0.343 e. The van der Waals surface area contributed by atoms with Crippen LogP contribution in [0, 0.1) is 11.8 Å². The average Bonchev–Trinajstić information content (AvgIpc) is 2.89. The van der Waals surface area contributed by atoms with E-state index in [0.29, 0.717) is 30.4 Å². The molecule has 0 aliphatic heterocycles. The van der Waals surface area contributed by atoms with E-state index < -0.39 is 0 Å². The lowest BCUT2D eigenvalue weighted by Gasteiger charge is -2.24. The molecule has 0 bridgehead atoms. The molecule has 0 aliphatic rings. The maximum Gasteiger partial charge on any atom is 0.350 e. The third-order valence-electron chi connectivity index (χ3n) is 4.33. The van der Waals surface area contributed by atoms with Crippen molar-refractivity contribution in [2.75, 3.05) is 13.1 Å². The SMILES string of the molecule is CC(C)CCN(CCC(C)C)C(=O)CCn1nc2ccccn2c1=O. The van der Waals surface area contributed by atoms with Crippen LogP contribution in [0.1, 0.15) is 47.0 Å². The van der Waals surface area contributed by atoms with Gasteiger partial charge >= 0.3 is 5.69 Å². The molecule has 2 rings (SSSR count). The van der Waals surface area contributed by atoms with Crippen LogP contribution in [0.2, 0.25) is 0 Å². The lowest BCUT2D eigenvalue weighted by atomic mass is 10.1. The van der Waals surface area contributed by atoms with Gasteiger partial charge in [0, 0.05) is 25.7 Å². The molecule has 2 heterocycles. The Balaban J connectivity index is 2.00. The summed E-state index contributed by atoms with van der Waals surface area (Å²) < 4.78 is 2.88. The monoisotopic (exact) mass is 346 g/mol. The lowest BCUT2D eigenvalue weighted by molar-refractivity contribution is -0.131. The van der Waals surface area contributed by atoms with Gasteiger partial charge in [-0.15, -0.1) is 5.10 Å². The fourth-order valence-corrected chi connectivity index (χ4v) is 2.66. The Bertz CT molecular complexity index is 733. The van der Waals surface area contributed by atoms with Crippen LogP contribution >= 0.6 is 0 Å². The molecule has 1 amide bonds. The molecule has 0 radical (unpaired) electrons. The number of carbonyl (C=O) groups is 1. The number of pyridine rings is 1. The highest BCUT2D eigenvalue weighted by molar-refractivity contribution is 5.76. The summed E-state index contributed by atoms with van der Waals surface area (Å²) in [4.78, 5) is 26.9. The molecule has 6 heteroatoms. The molecule has 0 saturated carbocycles. The number of aromatic nitrogens is 3. The van der Waals surface area contributed by atoms with Crippen molar-refractivity contribution in [2.45, 2.75) is 53.5 Å². The number of nitrogens with zero attached hydrogens (tertiary/aromatic N) is 4. The molecule has 0 unspecified atom stereocenters. The standard InChI is InChI=1S/C19H30N4O2/c1-15(2)8-12-21(13-9-16(3)4)18(24)10-14-23-19(25)22-11-6-5-7-17(22)20-23/h5-7,11,15-16H,8-10,12-14H2,1-4H3. The predicted molar refractivity (Wildman–Crippen MR) is 99.6 cm³/mol. The van der Waals surface area contributed by atoms with Gasteiger partial charge in [-0.2, -0.15) is 0 Å². The van der Waals surface area contributed by atoms with E-state index >= 15 is 0 Å². The van der Waals surface area contributed by atoms with Crippen molar-refractivity contribution in [1.82, 2.24) is 19.1 Å². The zero-order valence-electron chi connectivity index (χ0n) is 15.8. The Morgan fingerprint density at radius 1 is 1.12 bits per heavy atom. The van der Waals surface area contributed by atoms with Gasteiger partial charge in [-0.05, 0) is 36.8 Å². The van der Waals surface area contributed by atoms with Gasteiger partial charge in [0.25, 0.3) is 0 Å². The first-order chi connectivity index (χ1) is 11.9. The van der Waals surface area contributed by atoms with E-state index in [1.165, 1.54) is 9.08 Å². The molecule has 0 atom stereocenters. The number of rotatable bonds is 9. The first-order valence-corrected chi connectivity index (χ1v) is 9.20. The summed E-state index contributed by atoms with van der Waals surface area (Å²) in [6.45, 7) is 10.6. The third kappa shape index (κ3) is 5.44. The molecule has 6 nitrogen and oxygen atoms in total. The number of aryl methyl sites for hydroxylation is 1. The predicted octanol–water partition coefficient (Wildman–Crippen LogP) is 2.81. The van der Waals surface area contributed by atoms with E-state index in [2.05, 4.69) is 32.8 Å². The first-order valence-electron chi connectivity index (χ1n) is 9.20. The number of carbonyl (C=O) groups excluding carboxylic acids is 1. The van der Waals surface area contributed by atoms with Gasteiger partial charge in [0.05, 0.1) is 6.54 Å². The zero-order chi connectivity index (χ0) is 18.4. The van der Waals surface area contributed by atoms with Gasteiger partial charge in [0.2, 0.25) is 5.91 Å². The third-order valence-corrected chi connectivity index (χ3v) is 4.33. The Labute approximate surface area is 149 Å². The topological polar surface area (TPSA) is 59.6 Å². The van der Waals surface area contributed by atoms with Crippen molar-refractivity contribution in [3.8, 4) is 0 Å². The molecule has 0 aromatic carbocycles. The van der Waals surface area contributed by atoms with Crippen LogP contribution in [0.25, 0.3) is 5.65 Å². The number of fused-ring (bicyclic) bond motifs is 1. The Hall–Kier alpha value is -2.11. The van der Waals surface area contributed by atoms with E-state index in [9.17, 15) is 9.59 Å². The number of hydrogen-bond acceptors (Lipinski definition) is 3. The highest BCUT2D eigenvalue weighted by atomic mass is 16.2. The van der Waals surface area contributed by atoms with E-state index in [4.69, 9.17) is 0 Å². The molecule has 0 saturated heterocycles. The Morgan fingerprint density at radius 2 is 1.76 bits per heavy atom. The second-order valence-corrected chi connectivity index (χ2v) is 7.43. The van der Waals surface area contributed by atoms with Crippen LogP contribution in [0.5, 0.6) is 0 Å². The molecule has 2 aromatic rings. The van der Waals surface area contributed by atoms with E-state index in [1.54, 1.807) is 18.3 Å². The molecule has 0 fully saturated rings. The zero-order valence-corrected chi connectivity index (χ0v) is 15.8. The molecule has 2 aromatic heterocycles. The largest absolute Gasteiger partial charge is 0.350 e. The summed E-state index contributed by atoms with van der Waals surface area (Å²) in [5.74, 6) is 1.23. The highest BCUT2D eigenvalue weighted by Crippen LogP contribution is 2.08. The quantitative estimate of drug-likeness (QED) is 0.701.